The number of nitrogens with one attached hydrogen (secondary N) is 3. The number of para-hydroxylation sites is 1. The van der Waals surface area contributed by atoms with Crippen molar-refractivity contribution in [1.82, 2.24) is 15.6 Å². The predicted octanol–water partition coefficient (Wildman–Crippen LogP) is 1.07. The monoisotopic (exact) mass is 465 g/mol. The number of amides is 2. The molecule has 3 atom stereocenters. The number of hydrogen-bond donors (Lipinski definition) is 6. The van der Waals surface area contributed by atoms with Crippen LogP contribution in [0.5, 0.6) is 0 Å². The number of carboxylic acids is 1. The van der Waals surface area contributed by atoms with Gasteiger partial charge >= 0.3 is 5.97 Å². The summed E-state index contributed by atoms with van der Waals surface area (Å²) < 4.78 is 0. The van der Waals surface area contributed by atoms with Crippen molar-refractivity contribution in [3.05, 3.63) is 71.9 Å². The molecule has 2 amide bonds. The average Bonchev–Trinajstić information content (AvgIpc) is 3.25. The SMILES string of the molecule is NCCC[C@H](N)C(=O)N[C@@H](Cc1ccccc1)C(=O)N[C@@H](Cc1c[nH]c2ccccc12)C(=O)O. The number of nitrogens with two attached hydrogens (primary N) is 2. The molecular formula is C25H31N5O4. The summed E-state index contributed by atoms with van der Waals surface area (Å²) in [6, 6.07) is 13.8. The minimum absolute atomic E-state index is 0.0904. The molecule has 0 aliphatic carbocycles. The van der Waals surface area contributed by atoms with Gasteiger partial charge in [0, 0.05) is 29.9 Å². The lowest BCUT2D eigenvalue weighted by Crippen LogP contribution is -2.55. The molecule has 9 heteroatoms. The normalized spacial score (nSPS) is 13.7. The van der Waals surface area contributed by atoms with Gasteiger partial charge < -0.3 is 32.2 Å². The molecule has 0 spiro atoms. The van der Waals surface area contributed by atoms with Gasteiger partial charge in [0.2, 0.25) is 11.8 Å². The maximum Gasteiger partial charge on any atom is 0.326 e. The van der Waals surface area contributed by atoms with Crippen LogP contribution in [-0.4, -0.2) is 52.5 Å². The zero-order chi connectivity index (χ0) is 24.5. The molecule has 1 heterocycles. The number of benzene rings is 2. The van der Waals surface area contributed by atoms with Gasteiger partial charge in [-0.05, 0) is 36.6 Å². The second kappa shape index (κ2) is 12.0. The third kappa shape index (κ3) is 6.66. The van der Waals surface area contributed by atoms with Gasteiger partial charge in [0.1, 0.15) is 12.1 Å². The van der Waals surface area contributed by atoms with Crippen molar-refractivity contribution < 1.29 is 19.5 Å². The van der Waals surface area contributed by atoms with E-state index >= 15 is 0 Å². The van der Waals surface area contributed by atoms with Crippen LogP contribution in [0.1, 0.15) is 24.0 Å². The van der Waals surface area contributed by atoms with Crippen molar-refractivity contribution in [2.45, 2.75) is 43.8 Å². The topological polar surface area (TPSA) is 163 Å². The van der Waals surface area contributed by atoms with Crippen LogP contribution >= 0.6 is 0 Å². The number of carbonyl (C=O) groups is 3. The third-order valence-corrected chi connectivity index (χ3v) is 5.69. The highest BCUT2D eigenvalue weighted by atomic mass is 16.4. The maximum absolute atomic E-state index is 13.2. The second-order valence-corrected chi connectivity index (χ2v) is 8.25. The number of aliphatic carboxylic acids is 1. The molecule has 0 unspecified atom stereocenters. The van der Waals surface area contributed by atoms with Gasteiger partial charge in [-0.1, -0.05) is 48.5 Å². The number of H-pyrrole nitrogens is 1. The number of fused-ring (bicyclic) bond motifs is 1. The van der Waals surface area contributed by atoms with Gasteiger partial charge in [-0.3, -0.25) is 9.59 Å². The quantitative estimate of drug-likeness (QED) is 0.234. The van der Waals surface area contributed by atoms with E-state index in [-0.39, 0.29) is 12.8 Å². The van der Waals surface area contributed by atoms with E-state index < -0.39 is 35.9 Å². The molecule has 0 aliphatic heterocycles. The molecule has 8 N–H and O–H groups in total. The fourth-order valence-electron chi connectivity index (χ4n) is 3.80. The summed E-state index contributed by atoms with van der Waals surface area (Å²) in [5, 5.41) is 16.0. The molecule has 34 heavy (non-hydrogen) atoms. The van der Waals surface area contributed by atoms with Crippen LogP contribution in [0, 0.1) is 0 Å². The molecule has 9 nitrogen and oxygen atoms in total. The Balaban J connectivity index is 1.75. The minimum atomic E-state index is -1.17. The molecule has 3 rings (SSSR count). The van der Waals surface area contributed by atoms with E-state index in [4.69, 9.17) is 11.5 Å². The number of carbonyl (C=O) groups excluding carboxylic acids is 2. The summed E-state index contributed by atoms with van der Waals surface area (Å²) >= 11 is 0. The van der Waals surface area contributed by atoms with Crippen LogP contribution in [0.3, 0.4) is 0 Å². The van der Waals surface area contributed by atoms with Crippen molar-refractivity contribution in [1.29, 1.82) is 0 Å². The summed E-state index contributed by atoms with van der Waals surface area (Å²) in [6.07, 6.45) is 3.00. The predicted molar refractivity (Wildman–Crippen MR) is 130 cm³/mol. The summed E-state index contributed by atoms with van der Waals surface area (Å²) in [6.45, 7) is 0.406. The molecule has 1 aromatic heterocycles. The molecular weight excluding hydrogens is 434 g/mol. The van der Waals surface area contributed by atoms with Gasteiger partial charge in [-0.15, -0.1) is 0 Å². The molecule has 0 saturated carbocycles. The number of rotatable bonds is 12. The fourth-order valence-corrected chi connectivity index (χ4v) is 3.80. The minimum Gasteiger partial charge on any atom is -0.480 e. The highest BCUT2D eigenvalue weighted by Crippen LogP contribution is 2.19. The smallest absolute Gasteiger partial charge is 0.326 e. The first-order chi connectivity index (χ1) is 16.4. The van der Waals surface area contributed by atoms with E-state index in [0.717, 1.165) is 22.0 Å². The third-order valence-electron chi connectivity index (χ3n) is 5.69. The molecule has 2 aromatic carbocycles. The van der Waals surface area contributed by atoms with Gasteiger partial charge in [0.25, 0.3) is 0 Å². The lowest BCUT2D eigenvalue weighted by molar-refractivity contribution is -0.142. The Bertz CT molecular complexity index is 1110. The van der Waals surface area contributed by atoms with Gasteiger partial charge in [-0.25, -0.2) is 4.79 Å². The molecule has 0 saturated heterocycles. The molecule has 0 aliphatic rings. The van der Waals surface area contributed by atoms with E-state index in [9.17, 15) is 19.5 Å². The first-order valence-corrected chi connectivity index (χ1v) is 11.3. The first-order valence-electron chi connectivity index (χ1n) is 11.3. The zero-order valence-electron chi connectivity index (χ0n) is 18.9. The highest BCUT2D eigenvalue weighted by Gasteiger charge is 2.28. The standard InChI is InChI=1S/C25H31N5O4/c26-12-6-10-19(27)23(31)29-21(13-16-7-2-1-3-8-16)24(32)30-22(25(33)34)14-17-15-28-20-11-5-4-9-18(17)20/h1-5,7-9,11,15,19,21-22,28H,6,10,12-14,26-27H2,(H,29,31)(H,30,32)(H,33,34)/t19-,21-,22-/m0/s1. The van der Waals surface area contributed by atoms with Crippen molar-refractivity contribution >= 4 is 28.7 Å². The van der Waals surface area contributed by atoms with E-state index in [1.165, 1.54) is 0 Å². The zero-order valence-corrected chi connectivity index (χ0v) is 18.9. The molecule has 180 valence electrons. The van der Waals surface area contributed by atoms with E-state index in [1.807, 2.05) is 54.6 Å². The lowest BCUT2D eigenvalue weighted by atomic mass is 10.0. The Labute approximate surface area is 197 Å². The fraction of sp³-hybridized carbons (Fsp3) is 0.320. The van der Waals surface area contributed by atoms with Crippen LogP contribution in [0.2, 0.25) is 0 Å². The van der Waals surface area contributed by atoms with Crippen molar-refractivity contribution in [3.8, 4) is 0 Å². The lowest BCUT2D eigenvalue weighted by Gasteiger charge is -2.23. The molecule has 0 fully saturated rings. The maximum atomic E-state index is 13.2. The Hall–Kier alpha value is -3.69. The van der Waals surface area contributed by atoms with E-state index in [2.05, 4.69) is 15.6 Å². The van der Waals surface area contributed by atoms with Crippen LogP contribution in [0.25, 0.3) is 10.9 Å². The second-order valence-electron chi connectivity index (χ2n) is 8.25. The van der Waals surface area contributed by atoms with Gasteiger partial charge in [-0.2, -0.15) is 0 Å². The van der Waals surface area contributed by atoms with Crippen molar-refractivity contribution in [2.24, 2.45) is 11.5 Å². The average molecular weight is 466 g/mol. The Morgan fingerprint density at radius 1 is 0.912 bits per heavy atom. The summed E-state index contributed by atoms with van der Waals surface area (Å²) in [7, 11) is 0. The number of hydrogen-bond acceptors (Lipinski definition) is 5. The Kier molecular flexibility index (Phi) is 8.78. The van der Waals surface area contributed by atoms with Crippen molar-refractivity contribution in [2.75, 3.05) is 6.54 Å². The van der Waals surface area contributed by atoms with Crippen LogP contribution < -0.4 is 22.1 Å². The summed E-state index contributed by atoms with van der Waals surface area (Å²) in [5.41, 5.74) is 13.9. The van der Waals surface area contributed by atoms with Gasteiger partial charge in [0.15, 0.2) is 0 Å². The number of carboxylic acid groups (broad SMARTS) is 1. The highest BCUT2D eigenvalue weighted by molar-refractivity contribution is 5.92. The van der Waals surface area contributed by atoms with Gasteiger partial charge in [0.05, 0.1) is 6.04 Å². The Morgan fingerprint density at radius 3 is 2.29 bits per heavy atom. The largest absolute Gasteiger partial charge is 0.480 e. The summed E-state index contributed by atoms with van der Waals surface area (Å²) in [4.78, 5) is 40.9. The number of aromatic nitrogens is 1. The van der Waals surface area contributed by atoms with E-state index in [1.54, 1.807) is 6.20 Å². The van der Waals surface area contributed by atoms with Crippen molar-refractivity contribution in [3.63, 3.8) is 0 Å². The molecule has 0 radical (unpaired) electrons. The Morgan fingerprint density at radius 2 is 1.59 bits per heavy atom. The summed E-state index contributed by atoms with van der Waals surface area (Å²) in [5.74, 6) is -2.23. The van der Waals surface area contributed by atoms with Crippen LogP contribution in [-0.2, 0) is 27.2 Å². The first kappa shape index (κ1) is 24.9. The van der Waals surface area contributed by atoms with Crippen LogP contribution in [0.15, 0.2) is 60.8 Å². The molecule has 3 aromatic rings. The van der Waals surface area contributed by atoms with E-state index in [0.29, 0.717) is 19.4 Å². The van der Waals surface area contributed by atoms with Crippen LogP contribution in [0.4, 0.5) is 0 Å². The number of aromatic amines is 1. The molecule has 0 bridgehead atoms.